The molecule has 1 N–H and O–H groups in total. The zero-order valence-electron chi connectivity index (χ0n) is 13.6. The first-order chi connectivity index (χ1) is 9.84. The first-order valence-corrected chi connectivity index (χ1v) is 8.05. The lowest BCUT2D eigenvalue weighted by Crippen LogP contribution is -2.49. The monoisotopic (exact) mass is 296 g/mol. The van der Waals surface area contributed by atoms with Gasteiger partial charge < -0.3 is 10.1 Å². The molecule has 21 heavy (non-hydrogen) atoms. The molecule has 0 bridgehead atoms. The smallest absolute Gasteiger partial charge is 0.319 e. The summed E-state index contributed by atoms with van der Waals surface area (Å²) in [5.41, 5.74) is -0.440. The fourth-order valence-corrected chi connectivity index (χ4v) is 3.60. The molecular weight excluding hydrogens is 268 g/mol. The molecule has 2 fully saturated rings. The Labute approximate surface area is 127 Å². The van der Waals surface area contributed by atoms with Gasteiger partial charge in [0.2, 0.25) is 5.91 Å². The topological polar surface area (TPSA) is 58.6 Å². The van der Waals surface area contributed by atoms with Crippen LogP contribution >= 0.6 is 0 Å². The number of amides is 1. The van der Waals surface area contributed by atoms with E-state index in [1.165, 1.54) is 6.42 Å². The Hall–Kier alpha value is -1.10. The molecule has 5 heteroatoms. The Morgan fingerprint density at radius 3 is 2.62 bits per heavy atom. The van der Waals surface area contributed by atoms with Gasteiger partial charge in [-0.3, -0.25) is 14.5 Å². The van der Waals surface area contributed by atoms with Crippen LogP contribution in [0.5, 0.6) is 0 Å². The van der Waals surface area contributed by atoms with Crippen molar-refractivity contribution in [2.45, 2.75) is 59.0 Å². The number of carbonyl (C=O) groups excluding carboxylic acids is 2. The number of hydrogen-bond donors (Lipinski definition) is 1. The highest BCUT2D eigenvalue weighted by Gasteiger charge is 2.43. The van der Waals surface area contributed by atoms with Crippen molar-refractivity contribution in [3.05, 3.63) is 0 Å². The summed E-state index contributed by atoms with van der Waals surface area (Å²) in [4.78, 5) is 27.2. The van der Waals surface area contributed by atoms with Gasteiger partial charge in [-0.25, -0.2) is 0 Å². The minimum absolute atomic E-state index is 0.180. The molecule has 1 amide bonds. The molecule has 2 saturated heterocycles. The van der Waals surface area contributed by atoms with Crippen LogP contribution in [0.2, 0.25) is 0 Å². The van der Waals surface area contributed by atoms with Gasteiger partial charge in [0.15, 0.2) is 0 Å². The Kier molecular flexibility index (Phi) is 4.91. The van der Waals surface area contributed by atoms with Gasteiger partial charge in [-0.05, 0) is 38.1 Å². The molecule has 0 aromatic heterocycles. The molecule has 3 atom stereocenters. The van der Waals surface area contributed by atoms with Crippen LogP contribution in [0.3, 0.4) is 0 Å². The van der Waals surface area contributed by atoms with E-state index in [-0.39, 0.29) is 11.9 Å². The summed E-state index contributed by atoms with van der Waals surface area (Å²) in [6, 6.07) is 0.635. The predicted molar refractivity (Wildman–Crippen MR) is 80.7 cm³/mol. The Morgan fingerprint density at radius 1 is 1.29 bits per heavy atom. The lowest BCUT2D eigenvalue weighted by Gasteiger charge is -2.30. The normalized spacial score (nSPS) is 27.2. The van der Waals surface area contributed by atoms with E-state index in [0.29, 0.717) is 12.6 Å². The molecule has 0 aromatic rings. The van der Waals surface area contributed by atoms with E-state index in [9.17, 15) is 9.59 Å². The number of fused-ring (bicyclic) bond motifs is 1. The summed E-state index contributed by atoms with van der Waals surface area (Å²) < 4.78 is 5.09. The summed E-state index contributed by atoms with van der Waals surface area (Å²) in [6.45, 7) is 9.98. The second kappa shape index (κ2) is 6.34. The van der Waals surface area contributed by atoms with E-state index < -0.39 is 17.3 Å². The molecule has 2 aliphatic rings. The number of esters is 1. The average molecular weight is 296 g/mol. The van der Waals surface area contributed by atoms with Gasteiger partial charge >= 0.3 is 5.97 Å². The van der Waals surface area contributed by atoms with Crippen LogP contribution in [0, 0.1) is 11.3 Å². The van der Waals surface area contributed by atoms with Gasteiger partial charge in [0.25, 0.3) is 0 Å². The van der Waals surface area contributed by atoms with Crippen molar-refractivity contribution in [1.82, 2.24) is 10.2 Å². The van der Waals surface area contributed by atoms with E-state index in [1.807, 2.05) is 20.8 Å². The van der Waals surface area contributed by atoms with Crippen LogP contribution in [0.1, 0.15) is 47.0 Å². The molecule has 120 valence electrons. The molecule has 0 aromatic carbocycles. The molecule has 0 aliphatic carbocycles. The minimum Gasteiger partial charge on any atom is -0.465 e. The zero-order valence-corrected chi connectivity index (χ0v) is 13.6. The maximum absolute atomic E-state index is 12.6. The standard InChI is InChI=1S/C16H28N2O3/c1-5-21-15(20)13(16(2,3)4)14(19)17-11-8-10-18-9-6-7-12(11)18/h11-13H,5-10H2,1-4H3,(H,17,19). The maximum Gasteiger partial charge on any atom is 0.319 e. The summed E-state index contributed by atoms with van der Waals surface area (Å²) in [5.74, 6) is -1.34. The van der Waals surface area contributed by atoms with Gasteiger partial charge in [-0.15, -0.1) is 0 Å². The molecule has 0 saturated carbocycles. The van der Waals surface area contributed by atoms with Crippen LogP contribution in [0.15, 0.2) is 0 Å². The Bertz CT molecular complexity index is 403. The molecular formula is C16H28N2O3. The maximum atomic E-state index is 12.6. The van der Waals surface area contributed by atoms with Crippen molar-refractivity contribution in [2.24, 2.45) is 11.3 Å². The predicted octanol–water partition coefficient (Wildman–Crippen LogP) is 1.56. The lowest BCUT2D eigenvalue weighted by molar-refractivity contribution is -0.156. The van der Waals surface area contributed by atoms with E-state index >= 15 is 0 Å². The Morgan fingerprint density at radius 2 is 2.00 bits per heavy atom. The highest BCUT2D eigenvalue weighted by molar-refractivity contribution is 5.98. The highest BCUT2D eigenvalue weighted by Crippen LogP contribution is 2.31. The molecule has 2 rings (SSSR count). The van der Waals surface area contributed by atoms with Gasteiger partial charge in [0, 0.05) is 18.6 Å². The van der Waals surface area contributed by atoms with Crippen LogP contribution < -0.4 is 5.32 Å². The summed E-state index contributed by atoms with van der Waals surface area (Å²) >= 11 is 0. The third-order valence-electron chi connectivity index (χ3n) is 4.58. The number of nitrogens with one attached hydrogen (secondary N) is 1. The second-order valence-corrected chi connectivity index (χ2v) is 7.20. The minimum atomic E-state index is -0.743. The van der Waals surface area contributed by atoms with Gasteiger partial charge in [0.1, 0.15) is 5.92 Å². The largest absolute Gasteiger partial charge is 0.465 e. The number of nitrogens with zero attached hydrogens (tertiary/aromatic N) is 1. The average Bonchev–Trinajstić information content (AvgIpc) is 2.92. The quantitative estimate of drug-likeness (QED) is 0.632. The number of rotatable bonds is 4. The first kappa shape index (κ1) is 16.3. The van der Waals surface area contributed by atoms with Crippen LogP contribution in [0.25, 0.3) is 0 Å². The van der Waals surface area contributed by atoms with Gasteiger partial charge in [0.05, 0.1) is 6.61 Å². The fraction of sp³-hybridized carbons (Fsp3) is 0.875. The Balaban J connectivity index is 2.03. The van der Waals surface area contributed by atoms with Crippen molar-refractivity contribution < 1.29 is 14.3 Å². The number of ether oxygens (including phenoxy) is 1. The molecule has 0 radical (unpaired) electrons. The van der Waals surface area contributed by atoms with Crippen LogP contribution in [-0.4, -0.2) is 48.6 Å². The van der Waals surface area contributed by atoms with Crippen molar-refractivity contribution in [3.63, 3.8) is 0 Å². The molecule has 0 spiro atoms. The lowest BCUT2D eigenvalue weighted by atomic mass is 9.80. The van der Waals surface area contributed by atoms with E-state index in [2.05, 4.69) is 10.2 Å². The third kappa shape index (κ3) is 3.57. The van der Waals surface area contributed by atoms with E-state index in [1.54, 1.807) is 6.92 Å². The fourth-order valence-electron chi connectivity index (χ4n) is 3.60. The van der Waals surface area contributed by atoms with Crippen molar-refractivity contribution >= 4 is 11.9 Å². The summed E-state index contributed by atoms with van der Waals surface area (Å²) in [5, 5.41) is 3.11. The van der Waals surface area contributed by atoms with Crippen molar-refractivity contribution in [3.8, 4) is 0 Å². The number of hydrogen-bond acceptors (Lipinski definition) is 4. The molecule has 2 heterocycles. The third-order valence-corrected chi connectivity index (χ3v) is 4.58. The van der Waals surface area contributed by atoms with E-state index in [0.717, 1.165) is 25.9 Å². The summed E-state index contributed by atoms with van der Waals surface area (Å²) in [7, 11) is 0. The van der Waals surface area contributed by atoms with Gasteiger partial charge in [-0.1, -0.05) is 20.8 Å². The highest BCUT2D eigenvalue weighted by atomic mass is 16.5. The molecule has 5 nitrogen and oxygen atoms in total. The second-order valence-electron chi connectivity index (χ2n) is 7.20. The van der Waals surface area contributed by atoms with Crippen LogP contribution in [0.4, 0.5) is 0 Å². The number of carbonyl (C=O) groups is 2. The first-order valence-electron chi connectivity index (χ1n) is 8.05. The van der Waals surface area contributed by atoms with E-state index in [4.69, 9.17) is 4.74 Å². The van der Waals surface area contributed by atoms with Crippen LogP contribution in [-0.2, 0) is 14.3 Å². The van der Waals surface area contributed by atoms with Gasteiger partial charge in [-0.2, -0.15) is 0 Å². The molecule has 2 aliphatic heterocycles. The van der Waals surface area contributed by atoms with Crippen molar-refractivity contribution in [1.29, 1.82) is 0 Å². The van der Waals surface area contributed by atoms with Crippen molar-refractivity contribution in [2.75, 3.05) is 19.7 Å². The SMILES string of the molecule is CCOC(=O)C(C(=O)NC1CCN2CCCC12)C(C)(C)C. The molecule has 3 unspecified atom stereocenters. The zero-order chi connectivity index (χ0) is 15.6. The summed E-state index contributed by atoms with van der Waals surface area (Å²) in [6.07, 6.45) is 3.33.